The van der Waals surface area contributed by atoms with E-state index in [1.165, 1.54) is 24.5 Å². The molecular weight excluding hydrogens is 434 g/mol. The van der Waals surface area contributed by atoms with Crippen LogP contribution in [0.2, 0.25) is 0 Å². The number of nitrogens with zero attached hydrogens (tertiary/aromatic N) is 5. The standard InChI is InChI=1S/C25H21N5O4/c1-34-23-13-6-5-12-20(23)22-15-21(17-8-3-2-4-9-17)28(25-26-16-27-29(22)25)24(31)18-10-7-11-19(14-18)30(32)33/h2-14,16,21-22H,15H2,1H3/t21-,22-/m0/s1. The fourth-order valence-corrected chi connectivity index (χ4v) is 4.48. The minimum absolute atomic E-state index is 0.146. The third-order valence-corrected chi connectivity index (χ3v) is 6.03. The molecule has 5 rings (SSSR count). The van der Waals surface area contributed by atoms with E-state index in [2.05, 4.69) is 10.1 Å². The van der Waals surface area contributed by atoms with E-state index >= 15 is 0 Å². The Morgan fingerprint density at radius 2 is 1.79 bits per heavy atom. The number of para-hydroxylation sites is 1. The van der Waals surface area contributed by atoms with Gasteiger partial charge in [0.1, 0.15) is 12.1 Å². The lowest BCUT2D eigenvalue weighted by Gasteiger charge is -2.39. The molecule has 0 bridgehead atoms. The van der Waals surface area contributed by atoms with Gasteiger partial charge in [0.15, 0.2) is 0 Å². The first-order valence-corrected chi connectivity index (χ1v) is 10.7. The van der Waals surface area contributed by atoms with E-state index < -0.39 is 4.92 Å². The van der Waals surface area contributed by atoms with E-state index in [-0.39, 0.29) is 29.2 Å². The number of carbonyl (C=O) groups is 1. The van der Waals surface area contributed by atoms with Gasteiger partial charge in [-0.15, -0.1) is 0 Å². The molecule has 1 aromatic heterocycles. The maximum Gasteiger partial charge on any atom is 0.270 e. The number of aromatic nitrogens is 3. The van der Waals surface area contributed by atoms with Crippen molar-refractivity contribution in [3.8, 4) is 5.75 Å². The first-order chi connectivity index (χ1) is 16.6. The van der Waals surface area contributed by atoms with Crippen LogP contribution in [0.15, 0.2) is 85.2 Å². The number of fused-ring (bicyclic) bond motifs is 1. The van der Waals surface area contributed by atoms with Crippen LogP contribution in [-0.2, 0) is 0 Å². The van der Waals surface area contributed by atoms with Crippen LogP contribution >= 0.6 is 0 Å². The first-order valence-electron chi connectivity index (χ1n) is 10.7. The predicted octanol–water partition coefficient (Wildman–Crippen LogP) is 4.58. The number of rotatable bonds is 5. The number of methoxy groups -OCH3 is 1. The molecule has 2 atom stereocenters. The van der Waals surface area contributed by atoms with Gasteiger partial charge >= 0.3 is 0 Å². The average molecular weight is 455 g/mol. The molecule has 0 saturated heterocycles. The van der Waals surface area contributed by atoms with Gasteiger partial charge in [-0.3, -0.25) is 19.8 Å². The van der Waals surface area contributed by atoms with Crippen molar-refractivity contribution in [2.24, 2.45) is 0 Å². The number of amides is 1. The van der Waals surface area contributed by atoms with Crippen molar-refractivity contribution in [3.63, 3.8) is 0 Å². The number of benzene rings is 3. The molecule has 9 nitrogen and oxygen atoms in total. The Bertz CT molecular complexity index is 1350. The van der Waals surface area contributed by atoms with Gasteiger partial charge in [-0.2, -0.15) is 10.1 Å². The summed E-state index contributed by atoms with van der Waals surface area (Å²) in [5.41, 5.74) is 1.92. The van der Waals surface area contributed by atoms with Crippen molar-refractivity contribution >= 4 is 17.5 Å². The van der Waals surface area contributed by atoms with Gasteiger partial charge in [0.05, 0.1) is 24.1 Å². The third kappa shape index (κ3) is 3.66. The fourth-order valence-electron chi connectivity index (χ4n) is 4.48. The number of non-ortho nitro benzene ring substituents is 1. The Morgan fingerprint density at radius 1 is 1.03 bits per heavy atom. The molecular formula is C25H21N5O4. The smallest absolute Gasteiger partial charge is 0.270 e. The van der Waals surface area contributed by atoms with Gasteiger partial charge in [-0.1, -0.05) is 54.6 Å². The third-order valence-electron chi connectivity index (χ3n) is 6.03. The molecule has 170 valence electrons. The van der Waals surface area contributed by atoms with Crippen LogP contribution in [0, 0.1) is 10.1 Å². The summed E-state index contributed by atoms with van der Waals surface area (Å²) in [5, 5.41) is 15.7. The zero-order valence-corrected chi connectivity index (χ0v) is 18.3. The summed E-state index contributed by atoms with van der Waals surface area (Å²) in [6.45, 7) is 0. The van der Waals surface area contributed by atoms with E-state index in [0.29, 0.717) is 12.4 Å². The molecule has 0 unspecified atom stereocenters. The Hall–Kier alpha value is -4.53. The van der Waals surface area contributed by atoms with Crippen molar-refractivity contribution in [2.45, 2.75) is 18.5 Å². The normalized spacial score (nSPS) is 17.1. The van der Waals surface area contributed by atoms with Crippen molar-refractivity contribution in [3.05, 3.63) is 112 Å². The highest BCUT2D eigenvalue weighted by Crippen LogP contribution is 2.44. The number of nitro benzene ring substituents is 1. The molecule has 1 aliphatic rings. The van der Waals surface area contributed by atoms with E-state index in [4.69, 9.17) is 4.74 Å². The largest absolute Gasteiger partial charge is 0.496 e. The monoisotopic (exact) mass is 455 g/mol. The second-order valence-corrected chi connectivity index (χ2v) is 7.91. The molecule has 1 aliphatic heterocycles. The number of carbonyl (C=O) groups excluding carboxylic acids is 1. The zero-order chi connectivity index (χ0) is 23.7. The van der Waals surface area contributed by atoms with Gasteiger partial charge in [0.25, 0.3) is 11.6 Å². The van der Waals surface area contributed by atoms with E-state index in [1.54, 1.807) is 22.8 Å². The lowest BCUT2D eigenvalue weighted by Crippen LogP contribution is -2.42. The summed E-state index contributed by atoms with van der Waals surface area (Å²) < 4.78 is 7.32. The molecule has 0 radical (unpaired) electrons. The van der Waals surface area contributed by atoms with Crippen molar-refractivity contribution in [2.75, 3.05) is 12.0 Å². The van der Waals surface area contributed by atoms with Crippen LogP contribution in [0.5, 0.6) is 5.75 Å². The van der Waals surface area contributed by atoms with Gasteiger partial charge in [0.2, 0.25) is 5.95 Å². The molecule has 0 fully saturated rings. The average Bonchev–Trinajstić information content (AvgIpc) is 3.38. The Labute approximate surface area is 195 Å². The summed E-state index contributed by atoms with van der Waals surface area (Å²) in [7, 11) is 1.62. The highest BCUT2D eigenvalue weighted by atomic mass is 16.6. The van der Waals surface area contributed by atoms with Crippen LogP contribution in [0.25, 0.3) is 0 Å². The van der Waals surface area contributed by atoms with Crippen molar-refractivity contribution in [1.29, 1.82) is 0 Å². The van der Waals surface area contributed by atoms with Crippen LogP contribution in [0.3, 0.4) is 0 Å². The van der Waals surface area contributed by atoms with Gasteiger partial charge in [-0.05, 0) is 24.1 Å². The summed E-state index contributed by atoms with van der Waals surface area (Å²) in [4.78, 5) is 30.6. The molecule has 2 heterocycles. The van der Waals surface area contributed by atoms with Gasteiger partial charge in [0, 0.05) is 23.3 Å². The summed E-state index contributed by atoms with van der Waals surface area (Å²) in [6.07, 6.45) is 1.93. The minimum Gasteiger partial charge on any atom is -0.496 e. The van der Waals surface area contributed by atoms with Gasteiger partial charge < -0.3 is 4.74 Å². The van der Waals surface area contributed by atoms with E-state index in [9.17, 15) is 14.9 Å². The molecule has 4 aromatic rings. The number of hydrogen-bond donors (Lipinski definition) is 0. The lowest BCUT2D eigenvalue weighted by molar-refractivity contribution is -0.384. The van der Waals surface area contributed by atoms with E-state index in [0.717, 1.165) is 16.9 Å². The molecule has 0 saturated carbocycles. The first kappa shape index (κ1) is 21.3. The molecule has 3 aromatic carbocycles. The maximum absolute atomic E-state index is 13.8. The Kier molecular flexibility index (Phi) is 5.51. The Morgan fingerprint density at radius 3 is 2.56 bits per heavy atom. The second-order valence-electron chi connectivity index (χ2n) is 7.91. The minimum atomic E-state index is -0.512. The van der Waals surface area contributed by atoms with Crippen LogP contribution in [0.1, 0.15) is 40.0 Å². The van der Waals surface area contributed by atoms with Crippen molar-refractivity contribution in [1.82, 2.24) is 14.8 Å². The zero-order valence-electron chi connectivity index (χ0n) is 18.3. The predicted molar refractivity (Wildman–Crippen MR) is 125 cm³/mol. The lowest BCUT2D eigenvalue weighted by atomic mass is 9.91. The number of nitro groups is 1. The van der Waals surface area contributed by atoms with E-state index in [1.807, 2.05) is 54.6 Å². The fraction of sp³-hybridized carbons (Fsp3) is 0.160. The van der Waals surface area contributed by atoms with Gasteiger partial charge in [-0.25, -0.2) is 4.68 Å². The molecule has 0 aliphatic carbocycles. The number of anilines is 1. The number of ether oxygens (including phenoxy) is 1. The quantitative estimate of drug-likeness (QED) is 0.322. The molecule has 9 heteroatoms. The molecule has 0 N–H and O–H groups in total. The summed E-state index contributed by atoms with van der Waals surface area (Å²) in [6, 6.07) is 22.5. The second kappa shape index (κ2) is 8.78. The summed E-state index contributed by atoms with van der Waals surface area (Å²) in [5.74, 6) is 0.706. The Balaban J connectivity index is 1.66. The van der Waals surface area contributed by atoms with Crippen LogP contribution in [-0.4, -0.2) is 32.7 Å². The molecule has 0 spiro atoms. The van der Waals surface area contributed by atoms with Crippen LogP contribution in [0.4, 0.5) is 11.6 Å². The van der Waals surface area contributed by atoms with Crippen molar-refractivity contribution < 1.29 is 14.5 Å². The van der Waals surface area contributed by atoms with Crippen LogP contribution < -0.4 is 9.64 Å². The summed E-state index contributed by atoms with van der Waals surface area (Å²) >= 11 is 0. The topological polar surface area (TPSA) is 103 Å². The highest BCUT2D eigenvalue weighted by molar-refractivity contribution is 6.06. The maximum atomic E-state index is 13.8. The number of hydrogen-bond acceptors (Lipinski definition) is 6. The highest BCUT2D eigenvalue weighted by Gasteiger charge is 2.40. The molecule has 34 heavy (non-hydrogen) atoms. The molecule has 1 amide bonds. The SMILES string of the molecule is COc1ccccc1[C@@H]1C[C@@H](c2ccccc2)N(C(=O)c2cccc([N+](=O)[O-])c2)c2ncnn21.